The van der Waals surface area contributed by atoms with Crippen LogP contribution in [0, 0.1) is 0 Å². The smallest absolute Gasteiger partial charge is 0.0555 e. The van der Waals surface area contributed by atoms with E-state index in [9.17, 15) is 0 Å². The summed E-state index contributed by atoms with van der Waals surface area (Å²) in [6.45, 7) is 0. The maximum absolute atomic E-state index is 2.47. The molecule has 0 amide bonds. The van der Waals surface area contributed by atoms with Crippen molar-refractivity contribution in [3.63, 3.8) is 0 Å². The maximum Gasteiger partial charge on any atom is 0.0555 e. The minimum Gasteiger partial charge on any atom is -0.309 e. The normalized spacial score (nSPS) is 12.8. The Labute approximate surface area is 243 Å². The molecule has 1 heterocycles. The molecule has 0 spiro atoms. The molecule has 0 radical (unpaired) electrons. The van der Waals surface area contributed by atoms with Gasteiger partial charge < -0.3 is 4.90 Å². The molecule has 8 rings (SSSR count). The van der Waals surface area contributed by atoms with E-state index in [1.165, 1.54) is 63.9 Å². The minimum atomic E-state index is 0.914. The number of rotatable bonds is 4. The molecule has 1 nitrogen and oxygen atoms in total. The number of anilines is 2. The number of nitrogens with zero attached hydrogens (tertiary/aromatic N) is 1. The molecule has 1 aliphatic carbocycles. The van der Waals surface area contributed by atoms with Crippen molar-refractivity contribution in [2.24, 2.45) is 0 Å². The average molecular weight is 542 g/mol. The Morgan fingerprint density at radius 3 is 2.34 bits per heavy atom. The van der Waals surface area contributed by atoms with Crippen LogP contribution >= 0.6 is 11.3 Å². The molecule has 6 aromatic carbocycles. The highest BCUT2D eigenvalue weighted by Crippen LogP contribution is 2.44. The van der Waals surface area contributed by atoms with Crippen LogP contribution < -0.4 is 15.3 Å². The molecule has 0 N–H and O–H groups in total. The van der Waals surface area contributed by atoms with Gasteiger partial charge in [-0.3, -0.25) is 0 Å². The quantitative estimate of drug-likeness (QED) is 0.214. The van der Waals surface area contributed by atoms with Gasteiger partial charge in [-0.15, -0.1) is 11.3 Å². The molecule has 1 aliphatic rings. The van der Waals surface area contributed by atoms with Gasteiger partial charge in [-0.05, 0) is 76.0 Å². The van der Waals surface area contributed by atoms with E-state index in [2.05, 4.69) is 157 Å². The van der Waals surface area contributed by atoms with Crippen LogP contribution in [0.5, 0.6) is 0 Å². The SMILES string of the molecule is C1=CC(N(c2cccc(-c3ccc4ccccc4c3)c2)c2cccc3sc4ccccc4c23)=c2ccccc2=CC1. The Morgan fingerprint density at radius 1 is 0.585 bits per heavy atom. The van der Waals surface area contributed by atoms with E-state index in [4.69, 9.17) is 0 Å². The summed E-state index contributed by atoms with van der Waals surface area (Å²) in [5.74, 6) is 0. The topological polar surface area (TPSA) is 3.24 Å². The van der Waals surface area contributed by atoms with Crippen molar-refractivity contribution in [3.8, 4) is 11.1 Å². The molecule has 0 atom stereocenters. The van der Waals surface area contributed by atoms with Crippen LogP contribution in [0.4, 0.5) is 11.4 Å². The van der Waals surface area contributed by atoms with Gasteiger partial charge in [-0.1, -0.05) is 109 Å². The van der Waals surface area contributed by atoms with Gasteiger partial charge in [-0.2, -0.15) is 0 Å². The predicted molar refractivity (Wildman–Crippen MR) is 178 cm³/mol. The minimum absolute atomic E-state index is 0.914. The zero-order valence-electron chi connectivity index (χ0n) is 22.5. The maximum atomic E-state index is 2.47. The van der Waals surface area contributed by atoms with E-state index in [-0.39, 0.29) is 0 Å². The van der Waals surface area contributed by atoms with Crippen LogP contribution in [0.15, 0.2) is 146 Å². The largest absolute Gasteiger partial charge is 0.309 e. The van der Waals surface area contributed by atoms with Crippen molar-refractivity contribution >= 4 is 65.4 Å². The van der Waals surface area contributed by atoms with Gasteiger partial charge in [0, 0.05) is 31.1 Å². The van der Waals surface area contributed by atoms with Gasteiger partial charge in [0.25, 0.3) is 0 Å². The van der Waals surface area contributed by atoms with Gasteiger partial charge in [0.2, 0.25) is 0 Å². The first-order valence-corrected chi connectivity index (χ1v) is 14.9. The van der Waals surface area contributed by atoms with Gasteiger partial charge in [0.1, 0.15) is 0 Å². The first-order valence-electron chi connectivity index (χ1n) is 14.1. The first kappa shape index (κ1) is 23.9. The first-order chi connectivity index (χ1) is 20.3. The molecule has 1 aromatic heterocycles. The second-order valence-electron chi connectivity index (χ2n) is 10.5. The summed E-state index contributed by atoms with van der Waals surface area (Å²) in [5.41, 5.74) is 5.97. The van der Waals surface area contributed by atoms with Crippen LogP contribution in [0.2, 0.25) is 0 Å². The molecular weight excluding hydrogens is 515 g/mol. The van der Waals surface area contributed by atoms with E-state index in [0.717, 1.165) is 12.1 Å². The zero-order valence-corrected chi connectivity index (χ0v) is 23.3. The Bertz CT molecular complexity index is 2250. The zero-order chi connectivity index (χ0) is 27.2. The Morgan fingerprint density at radius 2 is 1.37 bits per heavy atom. The highest BCUT2D eigenvalue weighted by molar-refractivity contribution is 7.26. The van der Waals surface area contributed by atoms with E-state index < -0.39 is 0 Å². The number of benzene rings is 6. The average Bonchev–Trinajstić information content (AvgIpc) is 3.29. The standard InChI is InChI=1S/C39H27NS/c1-2-14-29-25-31(24-23-27(29)11-1)30-15-9-16-32(26-30)40(35-19-7-4-13-28-12-3-5-17-33(28)35)36-20-10-22-38-39(36)34-18-6-8-21-37(34)41-38/h1-3,5-26H,4H2. The molecule has 0 saturated heterocycles. The summed E-state index contributed by atoms with van der Waals surface area (Å²) >= 11 is 1.87. The van der Waals surface area contributed by atoms with Crippen molar-refractivity contribution in [2.75, 3.05) is 4.90 Å². The predicted octanol–water partition coefficient (Wildman–Crippen LogP) is 9.56. The van der Waals surface area contributed by atoms with Crippen LogP contribution in [-0.4, -0.2) is 0 Å². The number of hydrogen-bond acceptors (Lipinski definition) is 2. The van der Waals surface area contributed by atoms with Gasteiger partial charge in [-0.25, -0.2) is 0 Å². The van der Waals surface area contributed by atoms with E-state index >= 15 is 0 Å². The molecule has 0 aliphatic heterocycles. The van der Waals surface area contributed by atoms with Crippen LogP contribution in [0.1, 0.15) is 6.42 Å². The monoisotopic (exact) mass is 541 g/mol. The summed E-state index contributed by atoms with van der Waals surface area (Å²) < 4.78 is 2.62. The van der Waals surface area contributed by atoms with E-state index in [1.807, 2.05) is 11.3 Å². The second-order valence-corrected chi connectivity index (χ2v) is 11.6. The Hall–Kier alpha value is -4.92. The van der Waals surface area contributed by atoms with E-state index in [0.29, 0.717) is 0 Å². The van der Waals surface area contributed by atoms with Gasteiger partial charge >= 0.3 is 0 Å². The molecule has 0 saturated carbocycles. The third-order valence-corrected chi connectivity index (χ3v) is 9.17. The van der Waals surface area contributed by atoms with Crippen molar-refractivity contribution < 1.29 is 0 Å². The van der Waals surface area contributed by atoms with Crippen molar-refractivity contribution in [1.29, 1.82) is 0 Å². The number of fused-ring (bicyclic) bond motifs is 5. The van der Waals surface area contributed by atoms with Crippen LogP contribution in [0.3, 0.4) is 0 Å². The van der Waals surface area contributed by atoms with E-state index in [1.54, 1.807) is 0 Å². The fourth-order valence-corrected chi connectivity index (χ4v) is 7.24. The number of allylic oxidation sites excluding steroid dienone is 1. The molecule has 2 heteroatoms. The molecule has 0 unspecified atom stereocenters. The molecule has 194 valence electrons. The van der Waals surface area contributed by atoms with Gasteiger partial charge in [0.05, 0.1) is 11.4 Å². The fourth-order valence-electron chi connectivity index (χ4n) is 6.11. The third-order valence-electron chi connectivity index (χ3n) is 8.04. The summed E-state index contributed by atoms with van der Waals surface area (Å²) in [4.78, 5) is 2.47. The molecule has 41 heavy (non-hydrogen) atoms. The highest BCUT2D eigenvalue weighted by Gasteiger charge is 2.20. The van der Waals surface area contributed by atoms with Crippen molar-refractivity contribution in [1.82, 2.24) is 0 Å². The lowest BCUT2D eigenvalue weighted by Crippen LogP contribution is -2.31. The third kappa shape index (κ3) is 4.16. The highest BCUT2D eigenvalue weighted by atomic mass is 32.1. The molecule has 0 fully saturated rings. The molecule has 7 aromatic rings. The Balaban J connectivity index is 1.42. The lowest BCUT2D eigenvalue weighted by atomic mass is 10.00. The van der Waals surface area contributed by atoms with Crippen molar-refractivity contribution in [2.45, 2.75) is 6.42 Å². The lowest BCUT2D eigenvalue weighted by molar-refractivity contribution is 1.30. The number of thiophene rings is 1. The fraction of sp³-hybridized carbons (Fsp3) is 0.0256. The second kappa shape index (κ2) is 9.92. The van der Waals surface area contributed by atoms with Crippen molar-refractivity contribution in [3.05, 3.63) is 156 Å². The van der Waals surface area contributed by atoms with Crippen LogP contribution in [0.25, 0.3) is 53.8 Å². The molecular formula is C39H27NS. The summed E-state index contributed by atoms with van der Waals surface area (Å²) in [6, 6.07) is 48.6. The molecule has 0 bridgehead atoms. The number of hydrogen-bond donors (Lipinski definition) is 0. The van der Waals surface area contributed by atoms with Gasteiger partial charge in [0.15, 0.2) is 0 Å². The van der Waals surface area contributed by atoms with Crippen LogP contribution in [-0.2, 0) is 0 Å². The summed E-state index contributed by atoms with van der Waals surface area (Å²) in [6.07, 6.45) is 7.82. The summed E-state index contributed by atoms with van der Waals surface area (Å²) in [5, 5.41) is 7.64. The summed E-state index contributed by atoms with van der Waals surface area (Å²) in [7, 11) is 0. The Kier molecular flexibility index (Phi) is 5.79. The lowest BCUT2D eigenvalue weighted by Gasteiger charge is -2.28.